The summed E-state index contributed by atoms with van der Waals surface area (Å²) < 4.78 is 0. The molecule has 0 bridgehead atoms. The van der Waals surface area contributed by atoms with Gasteiger partial charge in [0.05, 0.1) is 0 Å². The van der Waals surface area contributed by atoms with Crippen molar-refractivity contribution in [2.24, 2.45) is 0 Å². The molecule has 0 saturated carbocycles. The number of fused-ring (bicyclic) bond motifs is 1. The summed E-state index contributed by atoms with van der Waals surface area (Å²) in [6, 6.07) is 6.82. The Morgan fingerprint density at radius 3 is 3.11 bits per heavy atom. The van der Waals surface area contributed by atoms with E-state index in [9.17, 15) is 0 Å². The molecule has 0 radical (unpaired) electrons. The molecule has 0 aliphatic carbocycles. The Balaban J connectivity index is 1.76. The van der Waals surface area contributed by atoms with Crippen LogP contribution in [0.3, 0.4) is 0 Å². The van der Waals surface area contributed by atoms with Gasteiger partial charge in [-0.1, -0.05) is 12.1 Å². The zero-order valence-electron chi connectivity index (χ0n) is 11.2. The monoisotopic (exact) mass is 242 g/mol. The Bertz CT molecular complexity index is 431. The van der Waals surface area contributed by atoms with Crippen LogP contribution in [0.1, 0.15) is 30.4 Å². The summed E-state index contributed by atoms with van der Waals surface area (Å²) in [4.78, 5) is 2.33. The van der Waals surface area contributed by atoms with Crippen molar-refractivity contribution < 1.29 is 0 Å². The lowest BCUT2D eigenvalue weighted by Crippen LogP contribution is -2.15. The number of hydrogen-bond acceptors (Lipinski definition) is 2. The first-order chi connectivity index (χ1) is 8.81. The zero-order chi connectivity index (χ0) is 12.8. The van der Waals surface area contributed by atoms with Gasteiger partial charge in [-0.2, -0.15) is 0 Å². The normalized spacial score (nSPS) is 13.4. The first-order valence-corrected chi connectivity index (χ1v) is 6.78. The minimum atomic E-state index is 0.896. The molecular formula is C16H22N2. The average molecular weight is 242 g/mol. The minimum Gasteiger partial charge on any atom is -0.374 e. The molecule has 96 valence electrons. The van der Waals surface area contributed by atoms with E-state index in [1.165, 1.54) is 23.2 Å². The van der Waals surface area contributed by atoms with Crippen LogP contribution in [0.5, 0.6) is 0 Å². The first kappa shape index (κ1) is 13.0. The molecule has 2 heteroatoms. The van der Waals surface area contributed by atoms with Crippen LogP contribution < -0.4 is 10.2 Å². The lowest BCUT2D eigenvalue weighted by molar-refractivity contribution is 0.629. The molecule has 0 spiro atoms. The van der Waals surface area contributed by atoms with Gasteiger partial charge in [0.1, 0.15) is 0 Å². The van der Waals surface area contributed by atoms with Crippen LogP contribution in [0.4, 0.5) is 5.69 Å². The van der Waals surface area contributed by atoms with E-state index in [1.54, 1.807) is 0 Å². The van der Waals surface area contributed by atoms with Crippen LogP contribution in [0.25, 0.3) is 0 Å². The summed E-state index contributed by atoms with van der Waals surface area (Å²) in [6.45, 7) is 3.17. The van der Waals surface area contributed by atoms with Crippen molar-refractivity contribution in [3.05, 3.63) is 29.3 Å². The molecule has 2 rings (SSSR count). The quantitative estimate of drug-likeness (QED) is 0.609. The Morgan fingerprint density at radius 2 is 2.28 bits per heavy atom. The van der Waals surface area contributed by atoms with Crippen LogP contribution in [0.2, 0.25) is 0 Å². The summed E-state index contributed by atoms with van der Waals surface area (Å²) in [5.74, 6) is 2.68. The third-order valence-corrected chi connectivity index (χ3v) is 3.53. The zero-order valence-corrected chi connectivity index (χ0v) is 11.2. The highest BCUT2D eigenvalue weighted by Gasteiger charge is 2.15. The lowest BCUT2D eigenvalue weighted by atomic mass is 10.1. The molecular weight excluding hydrogens is 220 g/mol. The van der Waals surface area contributed by atoms with Gasteiger partial charge in [0.2, 0.25) is 0 Å². The van der Waals surface area contributed by atoms with Crippen LogP contribution in [0.15, 0.2) is 18.2 Å². The second kappa shape index (κ2) is 6.47. The van der Waals surface area contributed by atoms with Crippen molar-refractivity contribution in [2.45, 2.75) is 32.2 Å². The van der Waals surface area contributed by atoms with Gasteiger partial charge >= 0.3 is 0 Å². The second-order valence-electron chi connectivity index (χ2n) is 4.97. The molecule has 1 N–H and O–H groups in total. The third-order valence-electron chi connectivity index (χ3n) is 3.53. The molecule has 0 unspecified atom stereocenters. The van der Waals surface area contributed by atoms with E-state index in [0.29, 0.717) is 0 Å². The fraction of sp³-hybridized carbons (Fsp3) is 0.500. The number of unbranched alkanes of at least 4 members (excludes halogenated alkanes) is 2. The Labute approximate surface area is 110 Å². The fourth-order valence-electron chi connectivity index (χ4n) is 2.44. The molecule has 1 aliphatic heterocycles. The smallest absolute Gasteiger partial charge is 0.0397 e. The molecule has 0 saturated heterocycles. The molecule has 1 aromatic carbocycles. The number of likely N-dealkylation sites (N-methyl/N-ethyl adjacent to an activating group) is 1. The number of hydrogen-bond donors (Lipinski definition) is 1. The van der Waals surface area contributed by atoms with Crippen LogP contribution in [-0.4, -0.2) is 20.1 Å². The number of nitrogens with one attached hydrogen (secondary N) is 1. The predicted molar refractivity (Wildman–Crippen MR) is 77.8 cm³/mol. The van der Waals surface area contributed by atoms with Gasteiger partial charge in [-0.05, 0) is 43.0 Å². The van der Waals surface area contributed by atoms with E-state index in [0.717, 1.165) is 38.9 Å². The highest BCUT2D eigenvalue weighted by Crippen LogP contribution is 2.27. The number of nitrogens with zero attached hydrogens (tertiary/aromatic N) is 1. The Kier molecular flexibility index (Phi) is 4.66. The number of rotatable bonds is 6. The van der Waals surface area contributed by atoms with Crippen molar-refractivity contribution in [3.63, 3.8) is 0 Å². The molecule has 0 amide bonds. The summed E-state index contributed by atoms with van der Waals surface area (Å²) in [5.41, 5.74) is 4.28. The van der Waals surface area contributed by atoms with Crippen molar-refractivity contribution in [2.75, 3.05) is 25.0 Å². The summed E-state index contributed by atoms with van der Waals surface area (Å²) in [7, 11) is 2.16. The Hall–Kier alpha value is -1.46. The van der Waals surface area contributed by atoms with E-state index >= 15 is 0 Å². The topological polar surface area (TPSA) is 15.3 Å². The second-order valence-corrected chi connectivity index (χ2v) is 4.97. The number of benzene rings is 1. The van der Waals surface area contributed by atoms with Crippen LogP contribution >= 0.6 is 0 Å². The first-order valence-electron chi connectivity index (χ1n) is 6.78. The van der Waals surface area contributed by atoms with E-state index in [2.05, 4.69) is 41.4 Å². The molecule has 1 aromatic rings. The van der Waals surface area contributed by atoms with Crippen molar-refractivity contribution >= 4 is 5.69 Å². The van der Waals surface area contributed by atoms with Gasteiger partial charge in [0, 0.05) is 32.2 Å². The predicted octanol–water partition coefficient (Wildman–Crippen LogP) is 2.57. The summed E-state index contributed by atoms with van der Waals surface area (Å²) >= 11 is 0. The van der Waals surface area contributed by atoms with E-state index in [4.69, 9.17) is 6.42 Å². The molecule has 1 aliphatic rings. The molecule has 0 aromatic heterocycles. The maximum absolute atomic E-state index is 5.22. The highest BCUT2D eigenvalue weighted by atomic mass is 15.1. The van der Waals surface area contributed by atoms with Crippen LogP contribution in [-0.2, 0) is 13.0 Å². The van der Waals surface area contributed by atoms with Crippen LogP contribution in [0, 0.1) is 12.3 Å². The molecule has 1 heterocycles. The largest absolute Gasteiger partial charge is 0.374 e. The molecule has 0 fully saturated rings. The van der Waals surface area contributed by atoms with Crippen molar-refractivity contribution in [1.29, 1.82) is 0 Å². The molecule has 2 nitrogen and oxygen atoms in total. The lowest BCUT2D eigenvalue weighted by Gasteiger charge is -2.12. The van der Waals surface area contributed by atoms with Crippen molar-refractivity contribution in [1.82, 2.24) is 5.32 Å². The third kappa shape index (κ3) is 3.27. The van der Waals surface area contributed by atoms with Crippen molar-refractivity contribution in [3.8, 4) is 12.3 Å². The SMILES string of the molecule is C#CCCCCNCc1ccc2c(c1)CCN2C. The van der Waals surface area contributed by atoms with Gasteiger partial charge in [-0.25, -0.2) is 0 Å². The maximum Gasteiger partial charge on any atom is 0.0397 e. The summed E-state index contributed by atoms with van der Waals surface area (Å²) in [5, 5.41) is 3.48. The highest BCUT2D eigenvalue weighted by molar-refractivity contribution is 5.58. The van der Waals surface area contributed by atoms with Gasteiger partial charge in [-0.3, -0.25) is 0 Å². The average Bonchev–Trinajstić information content (AvgIpc) is 2.75. The number of anilines is 1. The summed E-state index contributed by atoms with van der Waals surface area (Å²) in [6.07, 6.45) is 9.59. The van der Waals surface area contributed by atoms with Gasteiger partial charge in [0.25, 0.3) is 0 Å². The van der Waals surface area contributed by atoms with E-state index in [-0.39, 0.29) is 0 Å². The van der Waals surface area contributed by atoms with E-state index in [1.807, 2.05) is 0 Å². The van der Waals surface area contributed by atoms with Gasteiger partial charge in [-0.15, -0.1) is 12.3 Å². The molecule has 18 heavy (non-hydrogen) atoms. The Morgan fingerprint density at radius 1 is 1.39 bits per heavy atom. The fourth-order valence-corrected chi connectivity index (χ4v) is 2.44. The minimum absolute atomic E-state index is 0.896. The number of terminal acetylenes is 1. The molecule has 0 atom stereocenters. The standard InChI is InChI=1S/C16H22N2/c1-3-4-5-6-10-17-13-14-7-8-16-15(12-14)9-11-18(16)2/h1,7-8,12,17H,4-6,9-11,13H2,2H3. The van der Waals surface area contributed by atoms with Gasteiger partial charge in [0.15, 0.2) is 0 Å². The van der Waals surface area contributed by atoms with Gasteiger partial charge < -0.3 is 10.2 Å². The van der Waals surface area contributed by atoms with E-state index < -0.39 is 0 Å². The maximum atomic E-state index is 5.22.